The van der Waals surface area contributed by atoms with Gasteiger partial charge in [0.15, 0.2) is 0 Å². The van der Waals surface area contributed by atoms with Gasteiger partial charge in [-0.1, -0.05) is 38.9 Å². The van der Waals surface area contributed by atoms with Crippen LogP contribution in [0.3, 0.4) is 0 Å². The maximum absolute atomic E-state index is 14.6. The van der Waals surface area contributed by atoms with E-state index in [-0.39, 0.29) is 11.5 Å². The van der Waals surface area contributed by atoms with Gasteiger partial charge in [-0.05, 0) is 12.5 Å². The molecule has 0 radical (unpaired) electrons. The van der Waals surface area contributed by atoms with Crippen molar-refractivity contribution in [3.63, 3.8) is 0 Å². The van der Waals surface area contributed by atoms with Gasteiger partial charge in [0.1, 0.15) is 12.5 Å². The predicted octanol–water partition coefficient (Wildman–Crippen LogP) is 5.00. The molecule has 0 saturated carbocycles. The van der Waals surface area contributed by atoms with E-state index in [4.69, 9.17) is 27.6 Å². The lowest BCUT2D eigenvalue weighted by Crippen LogP contribution is -2.73. The molecule has 1 fully saturated rings. The molecule has 0 aliphatic carbocycles. The fourth-order valence-corrected chi connectivity index (χ4v) is 22.4. The van der Waals surface area contributed by atoms with Crippen molar-refractivity contribution in [2.24, 2.45) is 0 Å². The number of hydrogen-bond acceptors (Lipinski definition) is 1. The highest BCUT2D eigenvalue weighted by Crippen LogP contribution is 2.45. The van der Waals surface area contributed by atoms with Gasteiger partial charge >= 0.3 is 0 Å². The third-order valence-corrected chi connectivity index (χ3v) is 25.5. The summed E-state index contributed by atoms with van der Waals surface area (Å²) in [6.07, 6.45) is 0.645. The summed E-state index contributed by atoms with van der Waals surface area (Å²) >= 11 is 12.0. The Hall–Kier alpha value is 0.834. The van der Waals surface area contributed by atoms with E-state index < -0.39 is 27.9 Å². The summed E-state index contributed by atoms with van der Waals surface area (Å²) in [4.78, 5) is 0. The number of rotatable bonds is 7. The average molecular weight is 363 g/mol. The van der Waals surface area contributed by atoms with Gasteiger partial charge in [-0.2, -0.15) is 0 Å². The molecular weight excluding hydrogens is 337 g/mol. The Bertz CT molecular complexity index is 308. The minimum absolute atomic E-state index is 0.204. The van der Waals surface area contributed by atoms with Gasteiger partial charge < -0.3 is 4.43 Å². The molecule has 0 bridgehead atoms. The monoisotopic (exact) mass is 362 g/mol. The lowest BCUT2D eigenvalue weighted by Gasteiger charge is -2.53. The zero-order valence-corrected chi connectivity index (χ0v) is 16.1. The summed E-state index contributed by atoms with van der Waals surface area (Å²) in [7, 11) is -4.62. The van der Waals surface area contributed by atoms with E-state index in [2.05, 4.69) is 13.8 Å². The van der Waals surface area contributed by atoms with Crippen molar-refractivity contribution in [2.75, 3.05) is 12.6 Å². The van der Waals surface area contributed by atoms with Crippen LogP contribution < -0.4 is 0 Å². The molecule has 20 heavy (non-hydrogen) atoms. The summed E-state index contributed by atoms with van der Waals surface area (Å²) in [5.41, 5.74) is 0. The second kappa shape index (κ2) is 7.90. The Morgan fingerprint density at radius 1 is 1.25 bits per heavy atom. The van der Waals surface area contributed by atoms with Crippen LogP contribution in [-0.4, -0.2) is 45.3 Å². The number of hydrogen-bond donors (Lipinski definition) is 0. The maximum Gasteiger partial charge on any atom is 0.217 e. The van der Waals surface area contributed by atoms with Gasteiger partial charge in [-0.25, -0.2) is 8.78 Å². The van der Waals surface area contributed by atoms with E-state index in [0.717, 1.165) is 24.6 Å². The smallest absolute Gasteiger partial charge is 0.217 e. The van der Waals surface area contributed by atoms with Crippen LogP contribution in [0.5, 0.6) is 0 Å². The Morgan fingerprint density at radius 3 is 2.25 bits per heavy atom. The third kappa shape index (κ3) is 3.12. The first kappa shape index (κ1) is 18.9. The number of alkyl halides is 4. The van der Waals surface area contributed by atoms with Crippen molar-refractivity contribution in [1.29, 1.82) is 0 Å². The van der Waals surface area contributed by atoms with Crippen molar-refractivity contribution in [2.45, 2.75) is 68.6 Å². The van der Waals surface area contributed by atoms with Crippen LogP contribution in [0.1, 0.15) is 27.2 Å². The summed E-state index contributed by atoms with van der Waals surface area (Å²) in [5, 5.41) is -0.303. The normalized spacial score (nSPS) is 32.9. The molecule has 4 unspecified atom stereocenters. The molecule has 1 aliphatic rings. The molecule has 0 aromatic rings. The molecule has 1 heterocycles. The topological polar surface area (TPSA) is 9.23 Å². The molecule has 0 amide bonds. The van der Waals surface area contributed by atoms with E-state index >= 15 is 0 Å². The van der Waals surface area contributed by atoms with Crippen molar-refractivity contribution in [1.82, 2.24) is 0 Å². The van der Waals surface area contributed by atoms with Crippen LogP contribution >= 0.6 is 23.2 Å². The zero-order valence-electron chi connectivity index (χ0n) is 12.6. The van der Waals surface area contributed by atoms with Crippen LogP contribution in [0.2, 0.25) is 24.2 Å². The first-order chi connectivity index (χ1) is 9.46. The quantitative estimate of drug-likeness (QED) is 0.457. The van der Waals surface area contributed by atoms with Gasteiger partial charge in [-0.15, -0.1) is 23.2 Å². The molecule has 120 valence electrons. The van der Waals surface area contributed by atoms with E-state index in [1.54, 1.807) is 0 Å². The molecular formula is C13H26Cl2F2OSi2. The third-order valence-electron chi connectivity index (χ3n) is 5.24. The highest BCUT2D eigenvalue weighted by molar-refractivity contribution is 7.40. The summed E-state index contributed by atoms with van der Waals surface area (Å²) in [5.74, 6) is -1.12. The molecule has 4 atom stereocenters. The van der Waals surface area contributed by atoms with Crippen LogP contribution in [0.25, 0.3) is 0 Å². The van der Waals surface area contributed by atoms with Gasteiger partial charge in [0.2, 0.25) is 7.83 Å². The summed E-state index contributed by atoms with van der Waals surface area (Å²) in [6.45, 7) is 5.30. The van der Waals surface area contributed by atoms with Gasteiger partial charge in [0.25, 0.3) is 0 Å². The standard InChI is InChI=1S/C13H26Cl2F2OSi2/c1-4-19(5-2)8-7-12(11(15)9-14)18-20(19,6-3)13(17)10-16/h11-13H,4-10H2,1-3H3. The van der Waals surface area contributed by atoms with Crippen LogP contribution in [-0.2, 0) is 4.43 Å². The van der Waals surface area contributed by atoms with Gasteiger partial charge in [0.05, 0.1) is 19.1 Å². The fourth-order valence-electron chi connectivity index (χ4n) is 3.85. The highest BCUT2D eigenvalue weighted by atomic mass is 35.5. The van der Waals surface area contributed by atoms with Crippen molar-refractivity contribution >= 4 is 38.6 Å². The van der Waals surface area contributed by atoms with Crippen molar-refractivity contribution < 1.29 is 13.2 Å². The Balaban J connectivity index is 3.17. The van der Waals surface area contributed by atoms with E-state index in [1.165, 1.54) is 0 Å². The van der Waals surface area contributed by atoms with Crippen LogP contribution in [0, 0.1) is 0 Å². The fraction of sp³-hybridized carbons (Fsp3) is 1.00. The maximum atomic E-state index is 14.6. The molecule has 1 nitrogen and oxygen atoms in total. The molecule has 0 aromatic carbocycles. The average Bonchev–Trinajstić information content (AvgIpc) is 2.52. The molecule has 7 heteroatoms. The van der Waals surface area contributed by atoms with Crippen molar-refractivity contribution in [3.8, 4) is 0 Å². The lowest BCUT2D eigenvalue weighted by atomic mass is 10.2. The summed E-state index contributed by atoms with van der Waals surface area (Å²) in [6, 6.07) is 3.61. The van der Waals surface area contributed by atoms with Crippen molar-refractivity contribution in [3.05, 3.63) is 0 Å². The molecule has 0 aromatic heterocycles. The van der Waals surface area contributed by atoms with E-state index in [1.807, 2.05) is 6.92 Å². The van der Waals surface area contributed by atoms with Gasteiger partial charge in [0, 0.05) is 5.88 Å². The molecule has 1 aliphatic heterocycles. The Kier molecular flexibility index (Phi) is 7.46. The van der Waals surface area contributed by atoms with E-state index in [0.29, 0.717) is 11.9 Å². The first-order valence-electron chi connectivity index (χ1n) is 7.54. The first-order valence-corrected chi connectivity index (χ1v) is 14.3. The Labute approximate surface area is 133 Å². The minimum Gasteiger partial charge on any atom is -0.412 e. The minimum atomic E-state index is -2.73. The van der Waals surface area contributed by atoms with Gasteiger partial charge in [-0.3, -0.25) is 0 Å². The van der Waals surface area contributed by atoms with Crippen LogP contribution in [0.15, 0.2) is 0 Å². The second-order valence-electron chi connectivity index (χ2n) is 5.72. The molecule has 1 rings (SSSR count). The lowest BCUT2D eigenvalue weighted by molar-refractivity contribution is 0.157. The largest absolute Gasteiger partial charge is 0.412 e. The predicted molar refractivity (Wildman–Crippen MR) is 88.5 cm³/mol. The second-order valence-corrected chi connectivity index (χ2v) is 20.1. The van der Waals surface area contributed by atoms with E-state index in [9.17, 15) is 8.78 Å². The number of halogens is 4. The molecule has 1 saturated heterocycles. The summed E-state index contributed by atoms with van der Waals surface area (Å²) < 4.78 is 34.1. The molecule has 0 spiro atoms. The Morgan fingerprint density at radius 2 is 1.85 bits per heavy atom. The van der Waals surface area contributed by atoms with Crippen LogP contribution in [0.4, 0.5) is 8.78 Å². The zero-order chi connectivity index (χ0) is 15.4. The SMILES string of the molecule is CC[Si]1(CC)CCC(C(Cl)CCl)O[Si]1(CC)C(F)CF. The highest BCUT2D eigenvalue weighted by Gasteiger charge is 2.62. The molecule has 0 N–H and O–H groups in total.